The van der Waals surface area contributed by atoms with E-state index in [-0.39, 0.29) is 18.3 Å². The van der Waals surface area contributed by atoms with Crippen LogP contribution in [0.2, 0.25) is 0 Å². The number of benzene rings is 2. The molecule has 5 heteroatoms. The van der Waals surface area contributed by atoms with E-state index in [1.54, 1.807) is 0 Å². The SMILES string of the molecule is Cc1ccccc1COc1cccc(CC(=O)N2CCC(NCC3CC3)CC2)c1.Cl. The molecule has 1 amide bonds. The Morgan fingerprint density at radius 3 is 2.57 bits per heavy atom. The average Bonchev–Trinajstić information content (AvgIpc) is 3.57. The Bertz CT molecular complexity index is 829. The van der Waals surface area contributed by atoms with Crippen molar-refractivity contribution in [2.75, 3.05) is 19.6 Å². The van der Waals surface area contributed by atoms with Crippen LogP contribution in [0.15, 0.2) is 48.5 Å². The second-order valence-electron chi connectivity index (χ2n) is 8.55. The van der Waals surface area contributed by atoms with E-state index in [1.807, 2.05) is 41.3 Å². The van der Waals surface area contributed by atoms with Gasteiger partial charge in [-0.3, -0.25) is 4.79 Å². The highest BCUT2D eigenvalue weighted by atomic mass is 35.5. The zero-order chi connectivity index (χ0) is 20.1. The van der Waals surface area contributed by atoms with Crippen LogP contribution in [0.5, 0.6) is 5.75 Å². The van der Waals surface area contributed by atoms with Crippen LogP contribution in [-0.2, 0) is 17.8 Å². The molecule has 30 heavy (non-hydrogen) atoms. The summed E-state index contributed by atoms with van der Waals surface area (Å²) in [7, 11) is 0. The molecule has 0 bridgehead atoms. The van der Waals surface area contributed by atoms with E-state index in [1.165, 1.54) is 24.0 Å². The Morgan fingerprint density at radius 1 is 1.07 bits per heavy atom. The lowest BCUT2D eigenvalue weighted by atomic mass is 10.0. The van der Waals surface area contributed by atoms with Gasteiger partial charge in [0.15, 0.2) is 0 Å². The second kappa shape index (κ2) is 10.8. The maximum absolute atomic E-state index is 12.8. The largest absolute Gasteiger partial charge is 0.489 e. The monoisotopic (exact) mass is 428 g/mol. The molecule has 1 saturated carbocycles. The van der Waals surface area contributed by atoms with Crippen LogP contribution in [0.4, 0.5) is 0 Å². The molecule has 162 valence electrons. The quantitative estimate of drug-likeness (QED) is 0.671. The maximum Gasteiger partial charge on any atom is 0.226 e. The molecule has 1 saturated heterocycles. The normalized spacial score (nSPS) is 16.8. The molecule has 0 aromatic heterocycles. The van der Waals surface area contributed by atoms with Gasteiger partial charge in [0.25, 0.3) is 0 Å². The van der Waals surface area contributed by atoms with Crippen molar-refractivity contribution in [1.29, 1.82) is 0 Å². The lowest BCUT2D eigenvalue weighted by molar-refractivity contribution is -0.131. The number of rotatable bonds is 8. The van der Waals surface area contributed by atoms with Gasteiger partial charge in [0.05, 0.1) is 6.42 Å². The van der Waals surface area contributed by atoms with Crippen LogP contribution >= 0.6 is 12.4 Å². The number of likely N-dealkylation sites (tertiary alicyclic amines) is 1. The molecule has 0 radical (unpaired) electrons. The fourth-order valence-corrected chi connectivity index (χ4v) is 3.95. The number of ether oxygens (including phenoxy) is 1. The predicted molar refractivity (Wildman–Crippen MR) is 123 cm³/mol. The molecule has 2 aromatic rings. The summed E-state index contributed by atoms with van der Waals surface area (Å²) in [5, 5.41) is 3.68. The third kappa shape index (κ3) is 6.48. The van der Waals surface area contributed by atoms with E-state index in [0.717, 1.165) is 49.7 Å². The first-order valence-corrected chi connectivity index (χ1v) is 10.9. The fraction of sp³-hybridized carbons (Fsp3) is 0.480. The molecule has 0 atom stereocenters. The molecule has 1 heterocycles. The van der Waals surface area contributed by atoms with Crippen LogP contribution in [0.25, 0.3) is 0 Å². The number of hydrogen-bond acceptors (Lipinski definition) is 3. The number of amides is 1. The van der Waals surface area contributed by atoms with Gasteiger partial charge < -0.3 is 15.0 Å². The van der Waals surface area contributed by atoms with Crippen molar-refractivity contribution in [3.63, 3.8) is 0 Å². The van der Waals surface area contributed by atoms with Gasteiger partial charge in [0.2, 0.25) is 5.91 Å². The van der Waals surface area contributed by atoms with E-state index in [9.17, 15) is 4.79 Å². The Labute approximate surface area is 186 Å². The lowest BCUT2D eigenvalue weighted by Gasteiger charge is -2.32. The number of halogens is 1. The minimum atomic E-state index is 0. The Balaban J connectivity index is 0.00000256. The van der Waals surface area contributed by atoms with Crippen molar-refractivity contribution in [2.24, 2.45) is 5.92 Å². The molecule has 2 aliphatic rings. The summed E-state index contributed by atoms with van der Waals surface area (Å²) in [5.41, 5.74) is 3.44. The summed E-state index contributed by atoms with van der Waals surface area (Å²) in [6, 6.07) is 16.8. The van der Waals surface area contributed by atoms with Gasteiger partial charge in [0, 0.05) is 19.1 Å². The summed E-state index contributed by atoms with van der Waals surface area (Å²) in [6.45, 7) is 5.53. The highest BCUT2D eigenvalue weighted by Gasteiger charge is 2.25. The molecule has 1 aliphatic heterocycles. The predicted octanol–water partition coefficient (Wildman–Crippen LogP) is 4.53. The number of aryl methyl sites for hydroxylation is 1. The molecular formula is C25H33ClN2O2. The first kappa shape index (κ1) is 22.6. The minimum absolute atomic E-state index is 0. The van der Waals surface area contributed by atoms with Crippen molar-refractivity contribution in [2.45, 2.75) is 51.7 Å². The van der Waals surface area contributed by atoms with E-state index < -0.39 is 0 Å². The van der Waals surface area contributed by atoms with Crippen molar-refractivity contribution in [1.82, 2.24) is 10.2 Å². The standard InChI is InChI=1S/C25H32N2O2.ClH/c1-19-5-2-3-7-22(19)18-29-24-8-4-6-21(15-24)16-25(28)27-13-11-23(12-14-27)26-17-20-9-10-20;/h2-8,15,20,23,26H,9-14,16-18H2,1H3;1H. The van der Waals surface area contributed by atoms with Crippen molar-refractivity contribution >= 4 is 18.3 Å². The van der Waals surface area contributed by atoms with Crippen molar-refractivity contribution in [3.05, 3.63) is 65.2 Å². The summed E-state index contributed by atoms with van der Waals surface area (Å²) in [4.78, 5) is 14.8. The van der Waals surface area contributed by atoms with Crippen molar-refractivity contribution in [3.8, 4) is 5.75 Å². The van der Waals surface area contributed by atoms with Gasteiger partial charge in [-0.15, -0.1) is 12.4 Å². The van der Waals surface area contributed by atoms with E-state index in [0.29, 0.717) is 19.1 Å². The molecule has 4 rings (SSSR count). The Morgan fingerprint density at radius 2 is 1.83 bits per heavy atom. The van der Waals surface area contributed by atoms with Gasteiger partial charge in [-0.2, -0.15) is 0 Å². The third-order valence-electron chi connectivity index (χ3n) is 6.15. The minimum Gasteiger partial charge on any atom is -0.489 e. The van der Waals surface area contributed by atoms with Crippen molar-refractivity contribution < 1.29 is 9.53 Å². The van der Waals surface area contributed by atoms with Crippen LogP contribution in [-0.4, -0.2) is 36.5 Å². The van der Waals surface area contributed by atoms with Crippen LogP contribution in [0.1, 0.15) is 42.4 Å². The van der Waals surface area contributed by atoms with E-state index in [2.05, 4.69) is 24.4 Å². The Kier molecular flexibility index (Phi) is 8.17. The topological polar surface area (TPSA) is 41.6 Å². The van der Waals surface area contributed by atoms with Gasteiger partial charge in [-0.05, 0) is 73.9 Å². The number of nitrogens with one attached hydrogen (secondary N) is 1. The number of carbonyl (C=O) groups is 1. The summed E-state index contributed by atoms with van der Waals surface area (Å²) < 4.78 is 5.97. The van der Waals surface area contributed by atoms with Gasteiger partial charge in [0.1, 0.15) is 12.4 Å². The molecular weight excluding hydrogens is 396 g/mol. The van der Waals surface area contributed by atoms with Gasteiger partial charge in [-0.25, -0.2) is 0 Å². The number of carbonyl (C=O) groups excluding carboxylic acids is 1. The van der Waals surface area contributed by atoms with Crippen LogP contribution in [0.3, 0.4) is 0 Å². The van der Waals surface area contributed by atoms with Crippen LogP contribution < -0.4 is 10.1 Å². The number of hydrogen-bond donors (Lipinski definition) is 1. The smallest absolute Gasteiger partial charge is 0.226 e. The molecule has 1 aliphatic carbocycles. The zero-order valence-electron chi connectivity index (χ0n) is 17.8. The van der Waals surface area contributed by atoms with Gasteiger partial charge >= 0.3 is 0 Å². The first-order chi connectivity index (χ1) is 14.2. The second-order valence-corrected chi connectivity index (χ2v) is 8.55. The van der Waals surface area contributed by atoms with Crippen LogP contribution in [0, 0.1) is 12.8 Å². The van der Waals surface area contributed by atoms with E-state index in [4.69, 9.17) is 4.74 Å². The highest BCUT2D eigenvalue weighted by molar-refractivity contribution is 5.85. The average molecular weight is 429 g/mol. The summed E-state index contributed by atoms with van der Waals surface area (Å²) in [5.74, 6) is 1.96. The number of piperidine rings is 1. The highest BCUT2D eigenvalue weighted by Crippen LogP contribution is 2.28. The van der Waals surface area contributed by atoms with Gasteiger partial charge in [-0.1, -0.05) is 36.4 Å². The third-order valence-corrected chi connectivity index (χ3v) is 6.15. The first-order valence-electron chi connectivity index (χ1n) is 10.9. The molecule has 0 unspecified atom stereocenters. The van der Waals surface area contributed by atoms with E-state index >= 15 is 0 Å². The molecule has 1 N–H and O–H groups in total. The summed E-state index contributed by atoms with van der Waals surface area (Å²) in [6.07, 6.45) is 5.36. The zero-order valence-corrected chi connectivity index (χ0v) is 18.6. The maximum atomic E-state index is 12.8. The molecule has 0 spiro atoms. The summed E-state index contributed by atoms with van der Waals surface area (Å²) >= 11 is 0. The number of nitrogens with zero attached hydrogens (tertiary/aromatic N) is 1. The lowest BCUT2D eigenvalue weighted by Crippen LogP contribution is -2.45. The fourth-order valence-electron chi connectivity index (χ4n) is 3.95. The molecule has 4 nitrogen and oxygen atoms in total. The molecule has 2 aromatic carbocycles. The Hall–Kier alpha value is -2.04. The molecule has 2 fully saturated rings.